The molecule has 11 nitrogen and oxygen atoms in total. The van der Waals surface area contributed by atoms with Gasteiger partial charge in [-0.3, -0.25) is 14.9 Å². The van der Waals surface area contributed by atoms with Gasteiger partial charge in [0, 0.05) is 26.5 Å². The zero-order chi connectivity index (χ0) is 27.8. The first-order valence-corrected chi connectivity index (χ1v) is 12.4. The number of nitrogens with zero attached hydrogens (tertiary/aromatic N) is 4. The molecule has 0 aliphatic rings. The molecule has 13 heteroatoms. The van der Waals surface area contributed by atoms with Crippen LogP contribution in [-0.2, 0) is 4.79 Å². The van der Waals surface area contributed by atoms with Crippen LogP contribution in [0.1, 0.15) is 12.5 Å². The number of para-hydroxylation sites is 1. The second-order valence-corrected chi connectivity index (χ2v) is 9.66. The van der Waals surface area contributed by atoms with Crippen LogP contribution in [0.3, 0.4) is 0 Å². The Balaban J connectivity index is 1.73. The number of hydrogen-bond donors (Lipinski definition) is 1. The number of ether oxygens (including phenoxy) is 1. The molecule has 0 radical (unpaired) electrons. The van der Waals surface area contributed by atoms with Crippen molar-refractivity contribution in [1.82, 2.24) is 9.66 Å². The Morgan fingerprint density at radius 1 is 1.26 bits per heavy atom. The third-order valence-corrected chi connectivity index (χ3v) is 6.36. The van der Waals surface area contributed by atoms with E-state index in [0.717, 1.165) is 10.9 Å². The summed E-state index contributed by atoms with van der Waals surface area (Å²) in [6.45, 7) is 1.23. The maximum Gasteiger partial charge on any atom is 0.344 e. The first-order chi connectivity index (χ1) is 18.6. The molecule has 5 rings (SSSR count). The molecule has 2 aromatic heterocycles. The highest BCUT2D eigenvalue weighted by Gasteiger charge is 2.25. The second-order valence-electron chi connectivity index (χ2n) is 8.31. The molecule has 1 N–H and O–H groups in total. The van der Waals surface area contributed by atoms with E-state index in [1.807, 2.05) is 0 Å². The first-order valence-electron chi connectivity index (χ1n) is 11.3. The van der Waals surface area contributed by atoms with Crippen LogP contribution < -0.4 is 10.3 Å². The molecule has 5 aromatic rings. The number of aromatic nitrogens is 2. The Morgan fingerprint density at radius 3 is 2.77 bits per heavy atom. The van der Waals surface area contributed by atoms with Crippen molar-refractivity contribution in [3.63, 3.8) is 0 Å². The Labute approximate surface area is 232 Å². The molecular weight excluding hydrogens is 596 g/mol. The summed E-state index contributed by atoms with van der Waals surface area (Å²) < 4.78 is 12.7. The molecule has 0 unspecified atom stereocenters. The van der Waals surface area contributed by atoms with Crippen LogP contribution in [0.5, 0.6) is 5.75 Å². The largest absolute Gasteiger partial charge is 0.479 e. The van der Waals surface area contributed by atoms with Gasteiger partial charge < -0.3 is 14.3 Å². The predicted octanol–water partition coefficient (Wildman–Crippen LogP) is 5.87. The van der Waals surface area contributed by atoms with E-state index in [0.29, 0.717) is 26.0 Å². The second kappa shape index (κ2) is 10.3. The Hall–Kier alpha value is -4.55. The molecule has 0 bridgehead atoms. The summed E-state index contributed by atoms with van der Waals surface area (Å²) in [6, 6.07) is 16.0. The van der Waals surface area contributed by atoms with Gasteiger partial charge in [-0.2, -0.15) is 9.78 Å². The van der Waals surface area contributed by atoms with Crippen LogP contribution in [-0.4, -0.2) is 38.0 Å². The number of nitro groups is 1. The molecule has 2 heterocycles. The van der Waals surface area contributed by atoms with Crippen molar-refractivity contribution in [2.75, 3.05) is 0 Å². The van der Waals surface area contributed by atoms with Gasteiger partial charge in [0.15, 0.2) is 11.9 Å². The maximum absolute atomic E-state index is 13.5. The van der Waals surface area contributed by atoms with E-state index in [1.54, 1.807) is 48.5 Å². The molecule has 0 amide bonds. The monoisotopic (exact) mass is 610 g/mol. The molecular formula is C26H16BrClN4O7. The lowest BCUT2D eigenvalue weighted by atomic mass is 10.2. The lowest BCUT2D eigenvalue weighted by molar-refractivity contribution is -0.386. The fraction of sp³-hybridized carbons (Fsp3) is 0.0769. The van der Waals surface area contributed by atoms with Crippen LogP contribution in [0.4, 0.5) is 5.69 Å². The molecule has 0 spiro atoms. The molecule has 196 valence electrons. The van der Waals surface area contributed by atoms with Crippen molar-refractivity contribution in [2.24, 2.45) is 5.10 Å². The Kier molecular flexibility index (Phi) is 6.89. The minimum absolute atomic E-state index is 0.0478. The van der Waals surface area contributed by atoms with Gasteiger partial charge in [-0.1, -0.05) is 39.7 Å². The fourth-order valence-electron chi connectivity index (χ4n) is 3.82. The molecule has 0 aliphatic heterocycles. The van der Waals surface area contributed by atoms with E-state index in [9.17, 15) is 24.8 Å². The minimum Gasteiger partial charge on any atom is -0.479 e. The number of nitro benzene ring substituents is 1. The van der Waals surface area contributed by atoms with Crippen molar-refractivity contribution >= 4 is 67.3 Å². The molecule has 0 fully saturated rings. The third-order valence-electron chi connectivity index (χ3n) is 5.67. The summed E-state index contributed by atoms with van der Waals surface area (Å²) in [6.07, 6.45) is -0.247. The van der Waals surface area contributed by atoms with E-state index >= 15 is 0 Å². The maximum atomic E-state index is 13.5. The van der Waals surface area contributed by atoms with Crippen LogP contribution in [0.25, 0.3) is 33.5 Å². The smallest absolute Gasteiger partial charge is 0.344 e. The average molecular weight is 612 g/mol. The summed E-state index contributed by atoms with van der Waals surface area (Å²) in [4.78, 5) is 40.5. The summed E-state index contributed by atoms with van der Waals surface area (Å²) in [5, 5.41) is 26.8. The van der Waals surface area contributed by atoms with Gasteiger partial charge >= 0.3 is 11.7 Å². The lowest BCUT2D eigenvalue weighted by Crippen LogP contribution is -2.24. The number of furan rings is 1. The van der Waals surface area contributed by atoms with Gasteiger partial charge in [0.2, 0.25) is 11.6 Å². The van der Waals surface area contributed by atoms with Gasteiger partial charge in [-0.25, -0.2) is 9.78 Å². The van der Waals surface area contributed by atoms with Crippen LogP contribution in [0.15, 0.2) is 79.4 Å². The number of hydrogen-bond acceptors (Lipinski definition) is 8. The van der Waals surface area contributed by atoms with Crippen LogP contribution in [0.2, 0.25) is 5.02 Å². The Morgan fingerprint density at radius 2 is 2.03 bits per heavy atom. The van der Waals surface area contributed by atoms with Crippen molar-refractivity contribution in [3.8, 4) is 17.3 Å². The van der Waals surface area contributed by atoms with Crippen LogP contribution >= 0.6 is 27.5 Å². The quantitative estimate of drug-likeness (QED) is 0.136. The molecule has 39 heavy (non-hydrogen) atoms. The number of carboxylic acid groups (broad SMARTS) is 1. The normalized spacial score (nSPS) is 12.3. The lowest BCUT2D eigenvalue weighted by Gasteiger charge is -2.13. The number of rotatable bonds is 7. The minimum atomic E-state index is -1.40. The van der Waals surface area contributed by atoms with Gasteiger partial charge in [0.25, 0.3) is 5.56 Å². The average Bonchev–Trinajstić information content (AvgIpc) is 3.32. The van der Waals surface area contributed by atoms with E-state index in [2.05, 4.69) is 26.0 Å². The highest BCUT2D eigenvalue weighted by atomic mass is 79.9. The number of carbonyl (C=O) groups is 1. The van der Waals surface area contributed by atoms with E-state index in [4.69, 9.17) is 20.8 Å². The number of aliphatic carboxylic acids is 1. The molecule has 1 atom stereocenters. The van der Waals surface area contributed by atoms with E-state index in [-0.39, 0.29) is 28.3 Å². The Bertz CT molecular complexity index is 1880. The predicted molar refractivity (Wildman–Crippen MR) is 148 cm³/mol. The van der Waals surface area contributed by atoms with Crippen LogP contribution in [0, 0.1) is 10.1 Å². The van der Waals surface area contributed by atoms with Gasteiger partial charge in [0.05, 0.1) is 22.0 Å². The summed E-state index contributed by atoms with van der Waals surface area (Å²) in [7, 11) is 0. The number of fused-ring (bicyclic) bond motifs is 2. The van der Waals surface area contributed by atoms with Crippen molar-refractivity contribution < 1.29 is 24.0 Å². The highest BCUT2D eigenvalue weighted by Crippen LogP contribution is 2.35. The summed E-state index contributed by atoms with van der Waals surface area (Å²) in [5.74, 6) is -1.36. The van der Waals surface area contributed by atoms with Crippen molar-refractivity contribution in [3.05, 3.63) is 96.2 Å². The standard InChI is InChI=1S/C26H16BrClN4O7/c1-13(26(34)35)38-23-15(8-16(27)11-20(23)32(36)37)12-29-31-24(30-19-5-3-2-4-18(19)25(31)33)22-10-14-9-17(28)6-7-21(14)39-22/h2-13H,1H3,(H,34,35)/t13-/m0/s1. The molecule has 0 saturated heterocycles. The molecule has 3 aromatic carbocycles. The van der Waals surface area contributed by atoms with Gasteiger partial charge in [0.1, 0.15) is 5.58 Å². The first kappa shape index (κ1) is 26.1. The fourth-order valence-corrected chi connectivity index (χ4v) is 4.47. The molecule has 0 aliphatic carbocycles. The van der Waals surface area contributed by atoms with Crippen molar-refractivity contribution in [2.45, 2.75) is 13.0 Å². The zero-order valence-electron chi connectivity index (χ0n) is 19.9. The number of benzene rings is 3. The van der Waals surface area contributed by atoms with Gasteiger partial charge in [-0.15, -0.1) is 0 Å². The van der Waals surface area contributed by atoms with E-state index in [1.165, 1.54) is 19.1 Å². The third kappa shape index (κ3) is 5.11. The SMILES string of the molecule is C[C@H](Oc1c(C=Nn2c(-c3cc4cc(Cl)ccc4o3)nc3ccccc3c2=O)cc(Br)cc1[N+](=O)[O-])C(=O)O. The topological polar surface area (TPSA) is 150 Å². The highest BCUT2D eigenvalue weighted by molar-refractivity contribution is 9.10. The van der Waals surface area contributed by atoms with E-state index < -0.39 is 28.2 Å². The number of halogens is 2. The number of carboxylic acids is 1. The summed E-state index contributed by atoms with van der Waals surface area (Å²) in [5.41, 5.74) is -0.0618. The van der Waals surface area contributed by atoms with Gasteiger partial charge in [-0.05, 0) is 49.4 Å². The zero-order valence-corrected chi connectivity index (χ0v) is 22.2. The molecule has 0 saturated carbocycles. The van der Waals surface area contributed by atoms with Crippen molar-refractivity contribution in [1.29, 1.82) is 0 Å². The summed E-state index contributed by atoms with van der Waals surface area (Å²) >= 11 is 9.32.